The number of nitrogen functional groups attached to an aromatic ring is 1. The van der Waals surface area contributed by atoms with Crippen molar-refractivity contribution in [2.45, 2.75) is 26.7 Å². The molecule has 100 valence electrons. The van der Waals surface area contributed by atoms with Crippen LogP contribution in [0.5, 0.6) is 0 Å². The molecule has 0 unspecified atom stereocenters. The van der Waals surface area contributed by atoms with Crippen LogP contribution in [0.2, 0.25) is 0 Å². The van der Waals surface area contributed by atoms with Crippen LogP contribution in [0.25, 0.3) is 0 Å². The lowest BCUT2D eigenvalue weighted by molar-refractivity contribution is -0.121. The second kappa shape index (κ2) is 7.53. The van der Waals surface area contributed by atoms with E-state index in [1.807, 2.05) is 19.9 Å². The number of carbonyl (C=O) groups excluding carboxylic acids is 1. The lowest BCUT2D eigenvalue weighted by atomic mass is 10.1. The highest BCUT2D eigenvalue weighted by molar-refractivity contribution is 5.75. The summed E-state index contributed by atoms with van der Waals surface area (Å²) in [6, 6.07) is 3.65. The van der Waals surface area contributed by atoms with E-state index in [-0.39, 0.29) is 5.91 Å². The Morgan fingerprint density at radius 1 is 1.39 bits per heavy atom. The molecule has 0 aliphatic rings. The highest BCUT2D eigenvalue weighted by Crippen LogP contribution is 2.05. The third-order valence-electron chi connectivity index (χ3n) is 2.36. The van der Waals surface area contributed by atoms with Gasteiger partial charge in [-0.15, -0.1) is 0 Å². The Hall–Kier alpha value is -1.78. The van der Waals surface area contributed by atoms with E-state index in [9.17, 15) is 4.79 Å². The molecule has 0 aliphatic carbocycles. The Morgan fingerprint density at radius 3 is 2.78 bits per heavy atom. The highest BCUT2D eigenvalue weighted by atomic mass is 16.1. The van der Waals surface area contributed by atoms with Crippen LogP contribution >= 0.6 is 0 Å². The minimum absolute atomic E-state index is 0.121. The molecule has 4 N–H and O–H groups in total. The van der Waals surface area contributed by atoms with E-state index in [0.29, 0.717) is 24.6 Å². The number of aromatic nitrogens is 1. The molecule has 0 aliphatic heterocycles. The molecular formula is C13H22N4O. The van der Waals surface area contributed by atoms with Gasteiger partial charge in [-0.25, -0.2) is 4.98 Å². The van der Waals surface area contributed by atoms with E-state index in [1.165, 1.54) is 0 Å². The van der Waals surface area contributed by atoms with Crippen molar-refractivity contribution in [3.8, 4) is 0 Å². The topological polar surface area (TPSA) is 80.0 Å². The van der Waals surface area contributed by atoms with Crippen LogP contribution < -0.4 is 16.4 Å². The second-order valence-corrected chi connectivity index (χ2v) is 4.71. The average molecular weight is 250 g/mol. The van der Waals surface area contributed by atoms with E-state index in [0.717, 1.165) is 18.8 Å². The number of hydrogen-bond acceptors (Lipinski definition) is 4. The highest BCUT2D eigenvalue weighted by Gasteiger charge is 2.03. The summed E-state index contributed by atoms with van der Waals surface area (Å²) in [5.74, 6) is 1.33. The van der Waals surface area contributed by atoms with E-state index >= 15 is 0 Å². The summed E-state index contributed by atoms with van der Waals surface area (Å²) in [7, 11) is 0. The summed E-state index contributed by atoms with van der Waals surface area (Å²) in [4.78, 5) is 15.5. The number of rotatable bonds is 7. The van der Waals surface area contributed by atoms with Crippen molar-refractivity contribution in [1.82, 2.24) is 10.3 Å². The molecule has 0 radical (unpaired) electrons. The second-order valence-electron chi connectivity index (χ2n) is 4.71. The smallest absolute Gasteiger partial charge is 0.220 e. The first-order chi connectivity index (χ1) is 8.58. The summed E-state index contributed by atoms with van der Waals surface area (Å²) in [5, 5.41) is 6.06. The zero-order chi connectivity index (χ0) is 13.4. The largest absolute Gasteiger partial charge is 0.397 e. The van der Waals surface area contributed by atoms with Crippen LogP contribution in [0.4, 0.5) is 11.5 Å². The van der Waals surface area contributed by atoms with Gasteiger partial charge in [-0.2, -0.15) is 0 Å². The van der Waals surface area contributed by atoms with E-state index in [1.54, 1.807) is 12.3 Å². The van der Waals surface area contributed by atoms with Crippen molar-refractivity contribution < 1.29 is 4.79 Å². The number of anilines is 2. The van der Waals surface area contributed by atoms with E-state index < -0.39 is 0 Å². The van der Waals surface area contributed by atoms with E-state index in [4.69, 9.17) is 5.73 Å². The lowest BCUT2D eigenvalue weighted by Gasteiger charge is -2.08. The van der Waals surface area contributed by atoms with Gasteiger partial charge in [0.2, 0.25) is 5.91 Å². The molecule has 5 heteroatoms. The molecule has 18 heavy (non-hydrogen) atoms. The molecule has 0 aromatic carbocycles. The lowest BCUT2D eigenvalue weighted by Crippen LogP contribution is -2.26. The van der Waals surface area contributed by atoms with Gasteiger partial charge < -0.3 is 16.4 Å². The summed E-state index contributed by atoms with van der Waals surface area (Å²) >= 11 is 0. The molecule has 1 rings (SSSR count). The van der Waals surface area contributed by atoms with Gasteiger partial charge in [-0.1, -0.05) is 13.8 Å². The fourth-order valence-corrected chi connectivity index (χ4v) is 1.49. The van der Waals surface area contributed by atoms with Gasteiger partial charge in [0, 0.05) is 19.5 Å². The van der Waals surface area contributed by atoms with Gasteiger partial charge in [0.25, 0.3) is 0 Å². The molecule has 0 spiro atoms. The molecule has 1 aromatic rings. The molecule has 1 heterocycles. The first-order valence-corrected chi connectivity index (χ1v) is 6.30. The zero-order valence-corrected chi connectivity index (χ0v) is 11.1. The van der Waals surface area contributed by atoms with Crippen molar-refractivity contribution in [2.75, 3.05) is 24.1 Å². The van der Waals surface area contributed by atoms with Gasteiger partial charge in [-0.3, -0.25) is 4.79 Å². The quantitative estimate of drug-likeness (QED) is 0.642. The molecule has 5 nitrogen and oxygen atoms in total. The van der Waals surface area contributed by atoms with Crippen LogP contribution in [-0.4, -0.2) is 24.0 Å². The Kier molecular flexibility index (Phi) is 5.97. The van der Waals surface area contributed by atoms with Crippen molar-refractivity contribution in [3.05, 3.63) is 18.3 Å². The first kappa shape index (κ1) is 14.3. The molecular weight excluding hydrogens is 228 g/mol. The molecule has 0 bridgehead atoms. The van der Waals surface area contributed by atoms with Crippen molar-refractivity contribution in [2.24, 2.45) is 5.92 Å². The Bertz CT molecular complexity index is 362. The Morgan fingerprint density at radius 2 is 2.17 bits per heavy atom. The van der Waals surface area contributed by atoms with Gasteiger partial charge >= 0.3 is 0 Å². The maximum Gasteiger partial charge on any atom is 0.220 e. The molecule has 0 atom stereocenters. The third kappa shape index (κ3) is 6.08. The van der Waals surface area contributed by atoms with Crippen molar-refractivity contribution in [1.29, 1.82) is 0 Å². The van der Waals surface area contributed by atoms with E-state index in [2.05, 4.69) is 15.6 Å². The molecule has 0 fully saturated rings. The normalized spacial score (nSPS) is 10.4. The van der Waals surface area contributed by atoms with Crippen molar-refractivity contribution in [3.63, 3.8) is 0 Å². The SMILES string of the molecule is CC(C)CC(=O)NCCCNc1ccc(N)cn1. The standard InChI is InChI=1S/C13H22N4O/c1-10(2)8-13(18)16-7-3-6-15-12-5-4-11(14)9-17-12/h4-5,9-10H,3,6-8,14H2,1-2H3,(H,15,17)(H,16,18). The number of pyridine rings is 1. The van der Waals surface area contributed by atoms with Gasteiger partial charge in [-0.05, 0) is 24.5 Å². The van der Waals surface area contributed by atoms with Crippen LogP contribution in [0.1, 0.15) is 26.7 Å². The third-order valence-corrected chi connectivity index (χ3v) is 2.36. The number of hydrogen-bond donors (Lipinski definition) is 3. The average Bonchev–Trinajstić information content (AvgIpc) is 2.30. The molecule has 0 saturated carbocycles. The monoisotopic (exact) mass is 250 g/mol. The Labute approximate surface area is 108 Å². The summed E-state index contributed by atoms with van der Waals surface area (Å²) in [6.07, 6.45) is 3.08. The maximum atomic E-state index is 11.4. The number of carbonyl (C=O) groups is 1. The van der Waals surface area contributed by atoms with Crippen LogP contribution in [0, 0.1) is 5.92 Å². The van der Waals surface area contributed by atoms with Gasteiger partial charge in [0.1, 0.15) is 5.82 Å². The number of nitrogens with zero attached hydrogens (tertiary/aromatic N) is 1. The van der Waals surface area contributed by atoms with Crippen LogP contribution in [0.3, 0.4) is 0 Å². The first-order valence-electron chi connectivity index (χ1n) is 6.30. The molecule has 1 amide bonds. The fourth-order valence-electron chi connectivity index (χ4n) is 1.49. The minimum Gasteiger partial charge on any atom is -0.397 e. The fraction of sp³-hybridized carbons (Fsp3) is 0.538. The number of amides is 1. The molecule has 1 aromatic heterocycles. The van der Waals surface area contributed by atoms with Crippen LogP contribution in [-0.2, 0) is 4.79 Å². The zero-order valence-electron chi connectivity index (χ0n) is 11.1. The molecule has 0 saturated heterocycles. The van der Waals surface area contributed by atoms with Gasteiger partial charge in [0.15, 0.2) is 0 Å². The summed E-state index contributed by atoms with van der Waals surface area (Å²) in [5.41, 5.74) is 6.19. The number of nitrogens with one attached hydrogen (secondary N) is 2. The maximum absolute atomic E-state index is 11.4. The summed E-state index contributed by atoms with van der Waals surface area (Å²) in [6.45, 7) is 5.54. The predicted molar refractivity (Wildman–Crippen MR) is 74.2 cm³/mol. The number of nitrogens with two attached hydrogens (primary N) is 1. The van der Waals surface area contributed by atoms with Gasteiger partial charge in [0.05, 0.1) is 11.9 Å². The predicted octanol–water partition coefficient (Wildman–Crippen LogP) is 1.63. The Balaban J connectivity index is 2.08. The minimum atomic E-state index is 0.121. The van der Waals surface area contributed by atoms with Crippen molar-refractivity contribution >= 4 is 17.4 Å². The summed E-state index contributed by atoms with van der Waals surface area (Å²) < 4.78 is 0. The van der Waals surface area contributed by atoms with Crippen LogP contribution in [0.15, 0.2) is 18.3 Å².